The highest BCUT2D eigenvalue weighted by atomic mass is 14.9. The Bertz CT molecular complexity index is 468. The van der Waals surface area contributed by atoms with Crippen LogP contribution in [0.3, 0.4) is 0 Å². The van der Waals surface area contributed by atoms with Gasteiger partial charge in [-0.05, 0) is 30.4 Å². The molecule has 3 rings (SSSR count). The second kappa shape index (κ2) is 3.13. The van der Waals surface area contributed by atoms with Gasteiger partial charge in [0.2, 0.25) is 0 Å². The number of benzene rings is 1. The van der Waals surface area contributed by atoms with Crippen LogP contribution < -0.4 is 5.32 Å². The highest BCUT2D eigenvalue weighted by Gasteiger charge is 2.40. The molecule has 0 fully saturated rings. The number of hydrogen-bond donors (Lipinski definition) is 0. The molecule has 1 aromatic carbocycles. The van der Waals surface area contributed by atoms with E-state index in [2.05, 4.69) is 45.0 Å². The summed E-state index contributed by atoms with van der Waals surface area (Å²) < 4.78 is 0. The zero-order valence-electron chi connectivity index (χ0n) is 10.2. The molecule has 0 amide bonds. The summed E-state index contributed by atoms with van der Waals surface area (Å²) in [6.07, 6.45) is 2.48. The van der Waals surface area contributed by atoms with Crippen LogP contribution in [-0.4, -0.2) is 0 Å². The zero-order valence-corrected chi connectivity index (χ0v) is 10.2. The molecule has 1 heterocycles. The smallest absolute Gasteiger partial charge is 0.0709 e. The molecule has 1 aliphatic heterocycles. The molecular formula is C15H18N. The Hall–Kier alpha value is -1.24. The highest BCUT2D eigenvalue weighted by Crippen LogP contribution is 2.52. The van der Waals surface area contributed by atoms with Gasteiger partial charge in [0.1, 0.15) is 0 Å². The van der Waals surface area contributed by atoms with E-state index in [0.29, 0.717) is 0 Å². The SMILES string of the molecule is CC1CCC2=C([N]c3ccccc32)C1(C)C. The first kappa shape index (κ1) is 9.95. The van der Waals surface area contributed by atoms with Gasteiger partial charge in [-0.3, -0.25) is 5.32 Å². The van der Waals surface area contributed by atoms with Crippen LogP contribution in [0.2, 0.25) is 0 Å². The van der Waals surface area contributed by atoms with E-state index in [1.54, 1.807) is 0 Å². The monoisotopic (exact) mass is 212 g/mol. The lowest BCUT2D eigenvalue weighted by Crippen LogP contribution is -2.30. The zero-order chi connectivity index (χ0) is 11.3. The average Bonchev–Trinajstić information content (AvgIpc) is 2.64. The van der Waals surface area contributed by atoms with Crippen LogP contribution in [0.1, 0.15) is 39.2 Å². The van der Waals surface area contributed by atoms with Crippen LogP contribution in [0, 0.1) is 11.3 Å². The number of rotatable bonds is 0. The van der Waals surface area contributed by atoms with Gasteiger partial charge in [-0.15, -0.1) is 0 Å². The minimum Gasteiger partial charge on any atom is -0.252 e. The van der Waals surface area contributed by atoms with Crippen molar-refractivity contribution in [1.82, 2.24) is 5.32 Å². The molecule has 1 radical (unpaired) electrons. The fourth-order valence-corrected chi connectivity index (χ4v) is 2.88. The summed E-state index contributed by atoms with van der Waals surface area (Å²) in [5.74, 6) is 0.726. The molecule has 0 aromatic heterocycles. The minimum atomic E-state index is 0.229. The van der Waals surface area contributed by atoms with Crippen LogP contribution >= 0.6 is 0 Å². The third-order valence-corrected chi connectivity index (χ3v) is 4.42. The summed E-state index contributed by atoms with van der Waals surface area (Å²) in [6, 6.07) is 8.55. The van der Waals surface area contributed by atoms with E-state index in [4.69, 9.17) is 5.32 Å². The van der Waals surface area contributed by atoms with Crippen molar-refractivity contribution < 1.29 is 0 Å². The number of nitrogens with zero attached hydrogens (tertiary/aromatic N) is 1. The van der Waals surface area contributed by atoms with E-state index in [9.17, 15) is 0 Å². The molecule has 0 saturated heterocycles. The van der Waals surface area contributed by atoms with Gasteiger partial charge in [-0.2, -0.15) is 0 Å². The predicted octanol–water partition coefficient (Wildman–Crippen LogP) is 4.10. The van der Waals surface area contributed by atoms with Crippen LogP contribution in [0.5, 0.6) is 0 Å². The minimum absolute atomic E-state index is 0.229. The van der Waals surface area contributed by atoms with Crippen molar-refractivity contribution in [2.75, 3.05) is 0 Å². The standard InChI is InChI=1S/C15H18N/c1-10-8-9-12-11-6-4-5-7-13(11)16-14(12)15(10,2)3/h4-7,10H,8-9H2,1-3H3. The molecule has 1 aromatic rings. The fraction of sp³-hybridized carbons (Fsp3) is 0.467. The van der Waals surface area contributed by atoms with Crippen LogP contribution in [0.15, 0.2) is 30.0 Å². The first-order valence-electron chi connectivity index (χ1n) is 6.15. The fourth-order valence-electron chi connectivity index (χ4n) is 2.88. The number of fused-ring (bicyclic) bond motifs is 2. The summed E-state index contributed by atoms with van der Waals surface area (Å²) in [5.41, 5.74) is 5.62. The second-order valence-electron chi connectivity index (χ2n) is 5.62. The number of para-hydroxylation sites is 1. The van der Waals surface area contributed by atoms with Gasteiger partial charge in [-0.25, -0.2) is 0 Å². The molecule has 1 nitrogen and oxygen atoms in total. The predicted molar refractivity (Wildman–Crippen MR) is 67.3 cm³/mol. The molecule has 0 saturated carbocycles. The van der Waals surface area contributed by atoms with Crippen LogP contribution in [0.25, 0.3) is 5.57 Å². The first-order valence-corrected chi connectivity index (χ1v) is 6.15. The molecular weight excluding hydrogens is 194 g/mol. The van der Waals surface area contributed by atoms with E-state index >= 15 is 0 Å². The molecule has 1 atom stereocenters. The normalized spacial score (nSPS) is 26.1. The van der Waals surface area contributed by atoms with Gasteiger partial charge in [-0.1, -0.05) is 39.0 Å². The topological polar surface area (TPSA) is 14.1 Å². The Labute approximate surface area is 97.6 Å². The molecule has 1 aliphatic carbocycles. The molecule has 83 valence electrons. The van der Waals surface area contributed by atoms with Crippen molar-refractivity contribution in [3.8, 4) is 0 Å². The third-order valence-electron chi connectivity index (χ3n) is 4.42. The lowest BCUT2D eigenvalue weighted by atomic mass is 9.69. The third kappa shape index (κ3) is 1.17. The van der Waals surface area contributed by atoms with Gasteiger partial charge in [0.25, 0.3) is 0 Å². The Balaban J connectivity index is 2.13. The van der Waals surface area contributed by atoms with E-state index < -0.39 is 0 Å². The summed E-state index contributed by atoms with van der Waals surface area (Å²) in [7, 11) is 0. The lowest BCUT2D eigenvalue weighted by molar-refractivity contribution is 0.252. The molecule has 1 unspecified atom stereocenters. The highest BCUT2D eigenvalue weighted by molar-refractivity contribution is 5.83. The first-order chi connectivity index (χ1) is 7.60. The molecule has 16 heavy (non-hydrogen) atoms. The van der Waals surface area contributed by atoms with E-state index in [0.717, 1.165) is 5.92 Å². The maximum absolute atomic E-state index is 4.86. The molecule has 0 N–H and O–H groups in total. The van der Waals surface area contributed by atoms with Crippen LogP contribution in [-0.2, 0) is 0 Å². The van der Waals surface area contributed by atoms with Crippen molar-refractivity contribution in [3.63, 3.8) is 0 Å². The summed E-state index contributed by atoms with van der Waals surface area (Å²) in [6.45, 7) is 7.02. The Morgan fingerprint density at radius 1 is 1.25 bits per heavy atom. The average molecular weight is 212 g/mol. The van der Waals surface area contributed by atoms with Crippen molar-refractivity contribution in [1.29, 1.82) is 0 Å². The summed E-state index contributed by atoms with van der Waals surface area (Å²) in [5, 5.41) is 4.86. The van der Waals surface area contributed by atoms with Gasteiger partial charge in [0, 0.05) is 11.0 Å². The van der Waals surface area contributed by atoms with Gasteiger partial charge in [0.15, 0.2) is 0 Å². The Morgan fingerprint density at radius 2 is 2.00 bits per heavy atom. The van der Waals surface area contributed by atoms with Crippen LogP contribution in [0.4, 0.5) is 5.69 Å². The molecule has 2 aliphatic rings. The van der Waals surface area contributed by atoms with Gasteiger partial charge in [0.05, 0.1) is 11.4 Å². The van der Waals surface area contributed by atoms with Crippen molar-refractivity contribution in [2.45, 2.75) is 33.6 Å². The maximum atomic E-state index is 4.86. The Morgan fingerprint density at radius 3 is 2.81 bits per heavy atom. The number of hydrogen-bond acceptors (Lipinski definition) is 0. The molecule has 0 spiro atoms. The largest absolute Gasteiger partial charge is 0.252 e. The molecule has 0 bridgehead atoms. The maximum Gasteiger partial charge on any atom is 0.0709 e. The molecule has 1 heteroatoms. The van der Waals surface area contributed by atoms with Crippen molar-refractivity contribution >= 4 is 11.3 Å². The quantitative estimate of drug-likeness (QED) is 0.614. The van der Waals surface area contributed by atoms with E-state index in [-0.39, 0.29) is 5.41 Å². The van der Waals surface area contributed by atoms with E-state index in [1.165, 1.54) is 35.4 Å². The second-order valence-corrected chi connectivity index (χ2v) is 5.62. The lowest BCUT2D eigenvalue weighted by Gasteiger charge is -2.37. The van der Waals surface area contributed by atoms with Gasteiger partial charge < -0.3 is 0 Å². The summed E-state index contributed by atoms with van der Waals surface area (Å²) in [4.78, 5) is 0. The van der Waals surface area contributed by atoms with Crippen molar-refractivity contribution in [2.24, 2.45) is 11.3 Å². The van der Waals surface area contributed by atoms with Gasteiger partial charge >= 0.3 is 0 Å². The number of allylic oxidation sites excluding steroid dienone is 2. The summed E-state index contributed by atoms with van der Waals surface area (Å²) >= 11 is 0. The van der Waals surface area contributed by atoms with Crippen molar-refractivity contribution in [3.05, 3.63) is 35.5 Å². The van der Waals surface area contributed by atoms with E-state index in [1.807, 2.05) is 0 Å². The Kier molecular flexibility index (Phi) is 1.95.